The second kappa shape index (κ2) is 5.82. The molecule has 0 saturated carbocycles. The van der Waals surface area contributed by atoms with Crippen LogP contribution in [0.1, 0.15) is 54.3 Å². The second-order valence-corrected chi connectivity index (χ2v) is 4.89. The number of carboxylic acids is 1. The van der Waals surface area contributed by atoms with E-state index in [4.69, 9.17) is 9.84 Å². The van der Waals surface area contributed by atoms with Gasteiger partial charge in [0.2, 0.25) is 0 Å². The molecule has 0 heterocycles. The zero-order valence-electron chi connectivity index (χ0n) is 11.2. The summed E-state index contributed by atoms with van der Waals surface area (Å²) < 4.78 is 18.3. The van der Waals surface area contributed by atoms with Gasteiger partial charge >= 0.3 is 11.9 Å². The lowest BCUT2D eigenvalue weighted by Crippen LogP contribution is -2.28. The number of aromatic carboxylic acids is 1. The van der Waals surface area contributed by atoms with Crippen LogP contribution >= 0.6 is 0 Å². The first-order chi connectivity index (χ1) is 8.76. The van der Waals surface area contributed by atoms with Gasteiger partial charge in [0.1, 0.15) is 11.4 Å². The van der Waals surface area contributed by atoms with Crippen molar-refractivity contribution in [1.29, 1.82) is 0 Å². The number of esters is 1. The molecule has 19 heavy (non-hydrogen) atoms. The predicted octanol–water partition coefficient (Wildman–Crippen LogP) is 3.26. The second-order valence-electron chi connectivity index (χ2n) is 4.89. The molecule has 0 unspecified atom stereocenters. The fourth-order valence-corrected chi connectivity index (χ4v) is 1.83. The SMILES string of the molecule is CCCC(C)(C)OC(=O)c1ccc(F)cc1C(=O)O. The Morgan fingerprint density at radius 3 is 2.47 bits per heavy atom. The van der Waals surface area contributed by atoms with Crippen LogP contribution in [0, 0.1) is 5.82 Å². The Morgan fingerprint density at radius 1 is 1.32 bits per heavy atom. The van der Waals surface area contributed by atoms with Crippen molar-refractivity contribution >= 4 is 11.9 Å². The van der Waals surface area contributed by atoms with Crippen molar-refractivity contribution in [1.82, 2.24) is 0 Å². The number of rotatable bonds is 5. The molecule has 1 N–H and O–H groups in total. The highest BCUT2D eigenvalue weighted by atomic mass is 19.1. The molecule has 5 heteroatoms. The quantitative estimate of drug-likeness (QED) is 0.832. The van der Waals surface area contributed by atoms with Gasteiger partial charge in [-0.05, 0) is 38.5 Å². The van der Waals surface area contributed by atoms with Gasteiger partial charge in [-0.2, -0.15) is 0 Å². The topological polar surface area (TPSA) is 63.6 Å². The van der Waals surface area contributed by atoms with Crippen LogP contribution in [0.5, 0.6) is 0 Å². The lowest BCUT2D eigenvalue weighted by Gasteiger charge is -2.24. The maximum absolute atomic E-state index is 13.0. The average Bonchev–Trinajstić information content (AvgIpc) is 2.27. The highest BCUT2D eigenvalue weighted by molar-refractivity contribution is 6.02. The van der Waals surface area contributed by atoms with E-state index in [-0.39, 0.29) is 5.56 Å². The number of hydrogen-bond acceptors (Lipinski definition) is 3. The summed E-state index contributed by atoms with van der Waals surface area (Å²) in [6.07, 6.45) is 1.48. The van der Waals surface area contributed by atoms with E-state index in [1.54, 1.807) is 13.8 Å². The van der Waals surface area contributed by atoms with E-state index < -0.39 is 28.9 Å². The summed E-state index contributed by atoms with van der Waals surface area (Å²) in [5, 5.41) is 8.97. The zero-order valence-corrected chi connectivity index (χ0v) is 11.2. The van der Waals surface area contributed by atoms with Crippen LogP contribution in [0.15, 0.2) is 18.2 Å². The van der Waals surface area contributed by atoms with Crippen LogP contribution in [0.4, 0.5) is 4.39 Å². The minimum atomic E-state index is -1.36. The minimum absolute atomic E-state index is 0.141. The Morgan fingerprint density at radius 2 is 1.95 bits per heavy atom. The van der Waals surface area contributed by atoms with Crippen LogP contribution in [-0.2, 0) is 4.74 Å². The molecule has 0 spiro atoms. The Bertz CT molecular complexity index is 494. The number of benzene rings is 1. The summed E-state index contributed by atoms with van der Waals surface area (Å²) in [6, 6.07) is 2.98. The monoisotopic (exact) mass is 268 g/mol. The van der Waals surface area contributed by atoms with E-state index in [9.17, 15) is 14.0 Å². The normalized spacial score (nSPS) is 11.2. The van der Waals surface area contributed by atoms with Gasteiger partial charge in [-0.25, -0.2) is 14.0 Å². The molecule has 0 saturated heterocycles. The maximum atomic E-state index is 13.0. The van der Waals surface area contributed by atoms with Gasteiger partial charge in [-0.1, -0.05) is 13.3 Å². The summed E-state index contributed by atoms with van der Waals surface area (Å²) in [5.74, 6) is -2.82. The van der Waals surface area contributed by atoms with Gasteiger partial charge in [0.05, 0.1) is 11.1 Å². The zero-order chi connectivity index (χ0) is 14.6. The van der Waals surface area contributed by atoms with E-state index in [0.717, 1.165) is 24.6 Å². The fourth-order valence-electron chi connectivity index (χ4n) is 1.83. The van der Waals surface area contributed by atoms with Crippen molar-refractivity contribution < 1.29 is 23.8 Å². The Hall–Kier alpha value is -1.91. The Labute approximate surface area is 111 Å². The third kappa shape index (κ3) is 4.05. The first kappa shape index (κ1) is 15.1. The van der Waals surface area contributed by atoms with E-state index >= 15 is 0 Å². The first-order valence-electron chi connectivity index (χ1n) is 6.03. The van der Waals surface area contributed by atoms with Crippen LogP contribution in [0.3, 0.4) is 0 Å². The van der Waals surface area contributed by atoms with Crippen LogP contribution in [0.25, 0.3) is 0 Å². The molecule has 0 aliphatic rings. The molecular weight excluding hydrogens is 251 g/mol. The van der Waals surface area contributed by atoms with Gasteiger partial charge in [0, 0.05) is 0 Å². The number of ether oxygens (including phenoxy) is 1. The van der Waals surface area contributed by atoms with Gasteiger partial charge in [-0.3, -0.25) is 0 Å². The predicted molar refractivity (Wildman–Crippen MR) is 67.8 cm³/mol. The Kier molecular flexibility index (Phi) is 4.64. The van der Waals surface area contributed by atoms with Gasteiger partial charge in [0.15, 0.2) is 0 Å². The average molecular weight is 268 g/mol. The summed E-state index contributed by atoms with van der Waals surface area (Å²) in [4.78, 5) is 23.0. The summed E-state index contributed by atoms with van der Waals surface area (Å²) in [5.41, 5.74) is -1.22. The van der Waals surface area contributed by atoms with Crippen LogP contribution < -0.4 is 0 Å². The summed E-state index contributed by atoms with van der Waals surface area (Å²) in [7, 11) is 0. The van der Waals surface area contributed by atoms with Crippen molar-refractivity contribution in [2.24, 2.45) is 0 Å². The van der Waals surface area contributed by atoms with Crippen LogP contribution in [-0.4, -0.2) is 22.6 Å². The van der Waals surface area contributed by atoms with Gasteiger partial charge in [-0.15, -0.1) is 0 Å². The third-order valence-electron chi connectivity index (χ3n) is 2.65. The number of carbonyl (C=O) groups excluding carboxylic acids is 1. The Balaban J connectivity index is 3.03. The van der Waals surface area contributed by atoms with Gasteiger partial charge < -0.3 is 9.84 Å². The van der Waals surface area contributed by atoms with Gasteiger partial charge in [0.25, 0.3) is 0 Å². The van der Waals surface area contributed by atoms with Crippen molar-refractivity contribution in [3.05, 3.63) is 35.1 Å². The summed E-state index contributed by atoms with van der Waals surface area (Å²) in [6.45, 7) is 5.45. The number of hydrogen-bond donors (Lipinski definition) is 1. The van der Waals surface area contributed by atoms with E-state index in [1.807, 2.05) is 6.92 Å². The molecule has 0 radical (unpaired) electrons. The van der Waals surface area contributed by atoms with Crippen LogP contribution in [0.2, 0.25) is 0 Å². The molecular formula is C14H17FO4. The number of halogens is 1. The third-order valence-corrected chi connectivity index (χ3v) is 2.65. The fraction of sp³-hybridized carbons (Fsp3) is 0.429. The number of carboxylic acid groups (broad SMARTS) is 1. The number of carbonyl (C=O) groups is 2. The molecule has 0 amide bonds. The van der Waals surface area contributed by atoms with E-state index in [2.05, 4.69) is 0 Å². The highest BCUT2D eigenvalue weighted by Gasteiger charge is 2.25. The molecule has 0 bridgehead atoms. The first-order valence-corrected chi connectivity index (χ1v) is 6.03. The lowest BCUT2D eigenvalue weighted by atomic mass is 10.0. The minimum Gasteiger partial charge on any atom is -0.478 e. The molecule has 0 aliphatic heterocycles. The molecule has 0 aromatic heterocycles. The van der Waals surface area contributed by atoms with E-state index in [1.165, 1.54) is 0 Å². The standard InChI is InChI=1S/C14H17FO4/c1-4-7-14(2,3)19-13(18)10-6-5-9(15)8-11(10)12(16)17/h5-6,8H,4,7H2,1-3H3,(H,16,17). The molecule has 0 atom stereocenters. The van der Waals surface area contributed by atoms with Crippen molar-refractivity contribution in [2.75, 3.05) is 0 Å². The molecule has 104 valence electrons. The van der Waals surface area contributed by atoms with Crippen molar-refractivity contribution in [3.8, 4) is 0 Å². The highest BCUT2D eigenvalue weighted by Crippen LogP contribution is 2.21. The summed E-state index contributed by atoms with van der Waals surface area (Å²) >= 11 is 0. The maximum Gasteiger partial charge on any atom is 0.339 e. The largest absolute Gasteiger partial charge is 0.478 e. The lowest BCUT2D eigenvalue weighted by molar-refractivity contribution is -0.00502. The molecule has 1 aromatic carbocycles. The van der Waals surface area contributed by atoms with Crippen molar-refractivity contribution in [3.63, 3.8) is 0 Å². The molecule has 0 fully saturated rings. The smallest absolute Gasteiger partial charge is 0.339 e. The molecule has 0 aliphatic carbocycles. The molecule has 1 aromatic rings. The van der Waals surface area contributed by atoms with Crippen molar-refractivity contribution in [2.45, 2.75) is 39.2 Å². The molecule has 1 rings (SSSR count). The molecule has 4 nitrogen and oxygen atoms in total. The van der Waals surface area contributed by atoms with E-state index in [0.29, 0.717) is 6.42 Å².